The third-order valence-electron chi connectivity index (χ3n) is 5.27. The second kappa shape index (κ2) is 9.53. The summed E-state index contributed by atoms with van der Waals surface area (Å²) in [4.78, 5) is 22.9. The number of rotatable bonds is 8. The molecular weight excluding hydrogens is 500 g/mol. The molecule has 0 aliphatic heterocycles. The monoisotopic (exact) mass is 518 g/mol. The first-order valence-corrected chi connectivity index (χ1v) is 12.1. The highest BCUT2D eigenvalue weighted by Crippen LogP contribution is 2.38. The Kier molecular flexibility index (Phi) is 6.66. The average molecular weight is 519 g/mol. The molecule has 0 aliphatic carbocycles. The minimum Gasteiger partial charge on any atom is -0.460 e. The number of hydrogen-bond acceptors (Lipinski definition) is 8. The van der Waals surface area contributed by atoms with Gasteiger partial charge in [-0.05, 0) is 25.1 Å². The molecule has 12 heteroatoms. The van der Waals surface area contributed by atoms with Crippen molar-refractivity contribution in [2.75, 3.05) is 25.0 Å². The summed E-state index contributed by atoms with van der Waals surface area (Å²) in [7, 11) is -2.79. The van der Waals surface area contributed by atoms with Gasteiger partial charge in [0.2, 0.25) is 0 Å². The van der Waals surface area contributed by atoms with Gasteiger partial charge in [0.15, 0.2) is 0 Å². The van der Waals surface area contributed by atoms with E-state index in [9.17, 15) is 23.3 Å². The number of carbonyl (C=O) groups excluding carboxylic acids is 1. The van der Waals surface area contributed by atoms with E-state index >= 15 is 0 Å². The number of benzene rings is 3. The standard InChI is InChI=1S/C23H19ClN2O8S/c1-13-21(23(27)33-10-9-32-2)17-12-19(15-5-3-4-6-16(15)22(17)34-13)25-35(30,31)14-7-8-18(24)20(11-14)26(28)29/h3-8,11-12,25H,9-10H2,1-2H3. The molecule has 0 aliphatic rings. The lowest BCUT2D eigenvalue weighted by molar-refractivity contribution is -0.384. The Morgan fingerprint density at radius 2 is 1.83 bits per heavy atom. The number of furan rings is 1. The molecule has 35 heavy (non-hydrogen) atoms. The van der Waals surface area contributed by atoms with E-state index in [-0.39, 0.29) is 34.4 Å². The number of halogens is 1. The highest BCUT2D eigenvalue weighted by Gasteiger charge is 2.25. The normalized spacial score (nSPS) is 11.6. The molecule has 0 saturated carbocycles. The van der Waals surface area contributed by atoms with Crippen LogP contribution in [0.1, 0.15) is 16.1 Å². The highest BCUT2D eigenvalue weighted by molar-refractivity contribution is 7.92. The molecule has 1 aromatic heterocycles. The molecule has 0 saturated heterocycles. The van der Waals surface area contributed by atoms with Crippen molar-refractivity contribution in [3.8, 4) is 0 Å². The van der Waals surface area contributed by atoms with Gasteiger partial charge in [0.1, 0.15) is 28.5 Å². The van der Waals surface area contributed by atoms with Crippen LogP contribution in [0.3, 0.4) is 0 Å². The van der Waals surface area contributed by atoms with E-state index in [1.807, 2.05) is 0 Å². The molecule has 3 aromatic carbocycles. The molecule has 0 bridgehead atoms. The van der Waals surface area contributed by atoms with Crippen molar-refractivity contribution in [1.29, 1.82) is 0 Å². The maximum absolute atomic E-state index is 13.2. The van der Waals surface area contributed by atoms with Crippen molar-refractivity contribution >= 4 is 60.7 Å². The first-order valence-electron chi connectivity index (χ1n) is 10.2. The van der Waals surface area contributed by atoms with Gasteiger partial charge in [0.05, 0.1) is 22.1 Å². The van der Waals surface area contributed by atoms with Gasteiger partial charge in [0.25, 0.3) is 15.7 Å². The minimum absolute atomic E-state index is 0.0316. The van der Waals surface area contributed by atoms with Crippen molar-refractivity contribution in [2.24, 2.45) is 0 Å². The Bertz CT molecular complexity index is 1580. The summed E-state index contributed by atoms with van der Waals surface area (Å²) in [6.07, 6.45) is 0. The molecule has 4 aromatic rings. The van der Waals surface area contributed by atoms with E-state index < -0.39 is 26.6 Å². The summed E-state index contributed by atoms with van der Waals surface area (Å²) in [5.41, 5.74) is 0.158. The number of nitrogens with one attached hydrogen (secondary N) is 1. The molecule has 0 atom stereocenters. The molecule has 0 spiro atoms. The number of ether oxygens (including phenoxy) is 2. The Labute approximate surface area is 204 Å². The van der Waals surface area contributed by atoms with E-state index in [0.29, 0.717) is 27.5 Å². The van der Waals surface area contributed by atoms with Gasteiger partial charge in [-0.25, -0.2) is 13.2 Å². The van der Waals surface area contributed by atoms with E-state index in [2.05, 4.69) is 4.72 Å². The zero-order chi connectivity index (χ0) is 25.3. The van der Waals surface area contributed by atoms with Gasteiger partial charge >= 0.3 is 5.97 Å². The largest absolute Gasteiger partial charge is 0.460 e. The number of anilines is 1. The predicted molar refractivity (Wildman–Crippen MR) is 130 cm³/mol. The zero-order valence-corrected chi connectivity index (χ0v) is 20.1. The summed E-state index contributed by atoms with van der Waals surface area (Å²) in [5.74, 6) is -0.336. The van der Waals surface area contributed by atoms with E-state index in [1.165, 1.54) is 19.2 Å². The number of hydrogen-bond donors (Lipinski definition) is 1. The third kappa shape index (κ3) is 4.65. The molecule has 182 valence electrons. The van der Waals surface area contributed by atoms with Gasteiger partial charge < -0.3 is 13.9 Å². The fourth-order valence-electron chi connectivity index (χ4n) is 3.67. The third-order valence-corrected chi connectivity index (χ3v) is 6.95. The number of carbonyl (C=O) groups is 1. The summed E-state index contributed by atoms with van der Waals surface area (Å²) in [5, 5.41) is 12.4. The number of esters is 1. The summed E-state index contributed by atoms with van der Waals surface area (Å²) < 4.78 is 44.8. The first kappa shape index (κ1) is 24.5. The van der Waals surface area contributed by atoms with Crippen LogP contribution in [0.15, 0.2) is 57.8 Å². The van der Waals surface area contributed by atoms with Gasteiger partial charge in [-0.1, -0.05) is 35.9 Å². The molecular formula is C23H19ClN2O8S. The van der Waals surface area contributed by atoms with Crippen LogP contribution >= 0.6 is 11.6 Å². The Balaban J connectivity index is 1.85. The average Bonchev–Trinajstić information content (AvgIpc) is 3.15. The lowest BCUT2D eigenvalue weighted by Crippen LogP contribution is -2.14. The molecule has 0 amide bonds. The number of nitro groups is 1. The minimum atomic E-state index is -4.27. The summed E-state index contributed by atoms with van der Waals surface area (Å²) in [6.45, 7) is 1.85. The van der Waals surface area contributed by atoms with Crippen LogP contribution < -0.4 is 4.72 Å². The highest BCUT2D eigenvalue weighted by atomic mass is 35.5. The van der Waals surface area contributed by atoms with Crippen molar-refractivity contribution < 1.29 is 32.0 Å². The maximum Gasteiger partial charge on any atom is 0.342 e. The number of aryl methyl sites for hydroxylation is 1. The number of fused-ring (bicyclic) bond motifs is 3. The number of nitrogens with zero attached hydrogens (tertiary/aromatic N) is 1. The van der Waals surface area contributed by atoms with E-state index in [0.717, 1.165) is 12.1 Å². The van der Waals surface area contributed by atoms with Crippen LogP contribution in [0.5, 0.6) is 0 Å². The SMILES string of the molecule is COCCOC(=O)c1c(C)oc2c1cc(NS(=O)(=O)c1ccc(Cl)c([N+](=O)[O-])c1)c1ccccc12. The topological polar surface area (TPSA) is 138 Å². The number of nitro benzene ring substituents is 1. The summed E-state index contributed by atoms with van der Waals surface area (Å²) in [6, 6.07) is 11.5. The van der Waals surface area contributed by atoms with Crippen LogP contribution in [0.4, 0.5) is 11.4 Å². The van der Waals surface area contributed by atoms with Crippen molar-refractivity contribution in [3.05, 3.63) is 75.0 Å². The molecule has 10 nitrogen and oxygen atoms in total. The fourth-order valence-corrected chi connectivity index (χ4v) is 4.95. The summed E-state index contributed by atoms with van der Waals surface area (Å²) >= 11 is 5.82. The Hall–Kier alpha value is -3.67. The van der Waals surface area contributed by atoms with Crippen molar-refractivity contribution in [2.45, 2.75) is 11.8 Å². The molecule has 0 fully saturated rings. The molecule has 0 radical (unpaired) electrons. The van der Waals surface area contributed by atoms with E-state index in [4.69, 9.17) is 25.5 Å². The van der Waals surface area contributed by atoms with Crippen LogP contribution in [-0.2, 0) is 19.5 Å². The molecule has 1 N–H and O–H groups in total. The van der Waals surface area contributed by atoms with Crippen molar-refractivity contribution in [1.82, 2.24) is 0 Å². The molecule has 1 heterocycles. The van der Waals surface area contributed by atoms with Gasteiger partial charge in [0, 0.05) is 29.3 Å². The predicted octanol–water partition coefficient (Wildman–Crippen LogP) is 5.06. The zero-order valence-electron chi connectivity index (χ0n) is 18.5. The quantitative estimate of drug-likeness (QED) is 0.148. The lowest BCUT2D eigenvalue weighted by Gasteiger charge is -2.12. The fraction of sp³-hybridized carbons (Fsp3) is 0.174. The van der Waals surface area contributed by atoms with E-state index in [1.54, 1.807) is 31.2 Å². The van der Waals surface area contributed by atoms with Gasteiger partial charge in [-0.2, -0.15) is 0 Å². The van der Waals surface area contributed by atoms with Crippen molar-refractivity contribution in [3.63, 3.8) is 0 Å². The first-order chi connectivity index (χ1) is 16.6. The smallest absolute Gasteiger partial charge is 0.342 e. The maximum atomic E-state index is 13.2. The van der Waals surface area contributed by atoms with Crippen LogP contribution in [-0.4, -0.2) is 39.6 Å². The number of sulfonamides is 1. The van der Waals surface area contributed by atoms with Gasteiger partial charge in [-0.15, -0.1) is 0 Å². The second-order valence-corrected chi connectivity index (χ2v) is 9.57. The second-order valence-electron chi connectivity index (χ2n) is 7.48. The lowest BCUT2D eigenvalue weighted by atomic mass is 10.0. The van der Waals surface area contributed by atoms with Crippen LogP contribution in [0.2, 0.25) is 5.02 Å². The van der Waals surface area contributed by atoms with Gasteiger partial charge in [-0.3, -0.25) is 14.8 Å². The number of methoxy groups -OCH3 is 1. The Morgan fingerprint density at radius 3 is 2.51 bits per heavy atom. The van der Waals surface area contributed by atoms with Crippen LogP contribution in [0.25, 0.3) is 21.7 Å². The molecule has 0 unspecified atom stereocenters. The molecule has 4 rings (SSSR count). The van der Waals surface area contributed by atoms with Crippen LogP contribution in [0, 0.1) is 17.0 Å². The Morgan fingerprint density at radius 1 is 1.11 bits per heavy atom.